The number of anilines is 1. The van der Waals surface area contributed by atoms with Crippen LogP contribution in [0.25, 0.3) is 6.08 Å². The molecular weight excluding hydrogens is 354 g/mol. The number of hydrogen-bond donors (Lipinski definition) is 2. The molecule has 0 radical (unpaired) electrons. The molecule has 0 aromatic heterocycles. The average Bonchev–Trinajstić information content (AvgIpc) is 2.69. The lowest BCUT2D eigenvalue weighted by atomic mass is 9.93. The number of nitrogens with one attached hydrogen (secondary N) is 2. The highest BCUT2D eigenvalue weighted by Gasteiger charge is 2.28. The highest BCUT2D eigenvalue weighted by atomic mass is 16.2. The molecule has 6 heteroatoms. The molecule has 1 heterocycles. The molecule has 0 saturated carbocycles. The molecule has 2 aromatic rings. The second kappa shape index (κ2) is 8.52. The zero-order valence-electron chi connectivity index (χ0n) is 15.9. The Bertz CT molecular complexity index is 919. The third-order valence-corrected chi connectivity index (χ3v) is 4.73. The van der Waals surface area contributed by atoms with Gasteiger partial charge in [-0.05, 0) is 34.9 Å². The van der Waals surface area contributed by atoms with Crippen LogP contribution in [-0.4, -0.2) is 29.7 Å². The summed E-state index contributed by atoms with van der Waals surface area (Å²) in [6.07, 6.45) is 4.07. The van der Waals surface area contributed by atoms with Crippen LogP contribution in [0.1, 0.15) is 36.1 Å². The summed E-state index contributed by atoms with van der Waals surface area (Å²) in [5.74, 6) is -0.354. The van der Waals surface area contributed by atoms with Crippen LogP contribution < -0.4 is 10.6 Å². The molecule has 6 nitrogen and oxygen atoms in total. The summed E-state index contributed by atoms with van der Waals surface area (Å²) in [5, 5.41) is 5.45. The summed E-state index contributed by atoms with van der Waals surface area (Å²) >= 11 is 0. The summed E-state index contributed by atoms with van der Waals surface area (Å²) in [5.41, 5.74) is 3.48. The number of benzene rings is 2. The van der Waals surface area contributed by atoms with Gasteiger partial charge in [0.2, 0.25) is 17.7 Å². The Labute approximate surface area is 164 Å². The van der Waals surface area contributed by atoms with Crippen LogP contribution >= 0.6 is 0 Å². The van der Waals surface area contributed by atoms with Crippen LogP contribution in [0.4, 0.5) is 5.69 Å². The van der Waals surface area contributed by atoms with Gasteiger partial charge in [-0.1, -0.05) is 36.4 Å². The minimum Gasteiger partial charge on any atom is -0.359 e. The number of nitrogens with zero attached hydrogens (tertiary/aromatic N) is 1. The highest BCUT2D eigenvalue weighted by Crippen LogP contribution is 2.33. The maximum atomic E-state index is 12.6. The fourth-order valence-corrected chi connectivity index (χ4v) is 3.28. The van der Waals surface area contributed by atoms with E-state index in [0.717, 1.165) is 16.7 Å². The molecule has 144 valence electrons. The third-order valence-electron chi connectivity index (χ3n) is 4.73. The van der Waals surface area contributed by atoms with Crippen molar-refractivity contribution in [2.75, 3.05) is 12.4 Å². The first-order valence-corrected chi connectivity index (χ1v) is 9.13. The fraction of sp³-hybridized carbons (Fsp3) is 0.227. The van der Waals surface area contributed by atoms with Crippen molar-refractivity contribution in [1.29, 1.82) is 0 Å². The van der Waals surface area contributed by atoms with Gasteiger partial charge in [-0.3, -0.25) is 14.4 Å². The number of hydrogen-bond acceptors (Lipinski definition) is 3. The van der Waals surface area contributed by atoms with Gasteiger partial charge in [0.1, 0.15) is 0 Å². The molecule has 2 N–H and O–H groups in total. The lowest BCUT2D eigenvalue weighted by Gasteiger charge is -2.32. The molecule has 3 amide bonds. The molecule has 0 bridgehead atoms. The largest absolute Gasteiger partial charge is 0.359 e. The Morgan fingerprint density at radius 1 is 1.00 bits per heavy atom. The van der Waals surface area contributed by atoms with E-state index in [0.29, 0.717) is 12.1 Å². The normalized spacial score (nSPS) is 14.9. The van der Waals surface area contributed by atoms with Gasteiger partial charge in [0.25, 0.3) is 0 Å². The Balaban J connectivity index is 1.70. The zero-order chi connectivity index (χ0) is 20.1. The SMILES string of the molecule is CNC(=O)Cc1ccc(NC(=O)CC2c3ccccc3C=CN2C(C)=O)cc1. The Hall–Kier alpha value is -3.41. The zero-order valence-corrected chi connectivity index (χ0v) is 15.9. The molecule has 1 aliphatic heterocycles. The van der Waals surface area contributed by atoms with Crippen LogP contribution in [0, 0.1) is 0 Å². The van der Waals surface area contributed by atoms with Crippen molar-refractivity contribution in [3.05, 3.63) is 71.4 Å². The van der Waals surface area contributed by atoms with E-state index in [2.05, 4.69) is 10.6 Å². The van der Waals surface area contributed by atoms with Crippen molar-refractivity contribution in [2.24, 2.45) is 0 Å². The molecular formula is C22H23N3O3. The summed E-state index contributed by atoms with van der Waals surface area (Å²) < 4.78 is 0. The molecule has 1 atom stereocenters. The van der Waals surface area contributed by atoms with Crippen LogP contribution in [0.5, 0.6) is 0 Å². The van der Waals surface area contributed by atoms with Crippen molar-refractivity contribution >= 4 is 29.5 Å². The standard InChI is InChI=1S/C22H23N3O3/c1-15(26)25-12-11-17-5-3-4-6-19(17)20(25)14-22(28)24-18-9-7-16(8-10-18)13-21(27)23-2/h3-12,20H,13-14H2,1-2H3,(H,23,27)(H,24,28). The van der Waals surface area contributed by atoms with Crippen molar-refractivity contribution in [2.45, 2.75) is 25.8 Å². The van der Waals surface area contributed by atoms with Gasteiger partial charge in [-0.2, -0.15) is 0 Å². The third kappa shape index (κ3) is 4.46. The van der Waals surface area contributed by atoms with E-state index in [4.69, 9.17) is 0 Å². The summed E-state index contributed by atoms with van der Waals surface area (Å²) in [6.45, 7) is 1.49. The Kier molecular flexibility index (Phi) is 5.89. The monoisotopic (exact) mass is 377 g/mol. The summed E-state index contributed by atoms with van der Waals surface area (Å²) in [6, 6.07) is 14.6. The molecule has 0 spiro atoms. The number of rotatable bonds is 5. The van der Waals surface area contributed by atoms with E-state index < -0.39 is 0 Å². The minimum absolute atomic E-state index is 0.0647. The number of carbonyl (C=O) groups is 3. The number of fused-ring (bicyclic) bond motifs is 1. The van der Waals surface area contributed by atoms with Crippen molar-refractivity contribution in [1.82, 2.24) is 10.2 Å². The van der Waals surface area contributed by atoms with Gasteiger partial charge in [-0.15, -0.1) is 0 Å². The van der Waals surface area contributed by atoms with E-state index in [1.807, 2.05) is 42.5 Å². The van der Waals surface area contributed by atoms with E-state index >= 15 is 0 Å². The quantitative estimate of drug-likeness (QED) is 0.841. The smallest absolute Gasteiger partial charge is 0.226 e. The van der Waals surface area contributed by atoms with Crippen LogP contribution in [-0.2, 0) is 20.8 Å². The van der Waals surface area contributed by atoms with Crippen molar-refractivity contribution in [3.63, 3.8) is 0 Å². The van der Waals surface area contributed by atoms with Crippen LogP contribution in [0.2, 0.25) is 0 Å². The number of likely N-dealkylation sites (N-methyl/N-ethyl adjacent to an activating group) is 1. The average molecular weight is 377 g/mol. The maximum absolute atomic E-state index is 12.6. The van der Waals surface area contributed by atoms with E-state index in [1.165, 1.54) is 6.92 Å². The molecule has 1 aliphatic rings. The van der Waals surface area contributed by atoms with Gasteiger partial charge in [0.15, 0.2) is 0 Å². The highest BCUT2D eigenvalue weighted by molar-refractivity contribution is 5.92. The predicted octanol–water partition coefficient (Wildman–Crippen LogP) is 2.88. The molecule has 1 unspecified atom stereocenters. The number of amides is 3. The van der Waals surface area contributed by atoms with E-state index in [9.17, 15) is 14.4 Å². The van der Waals surface area contributed by atoms with Crippen LogP contribution in [0.3, 0.4) is 0 Å². The molecule has 2 aromatic carbocycles. The van der Waals surface area contributed by atoms with E-state index in [-0.39, 0.29) is 30.2 Å². The lowest BCUT2D eigenvalue weighted by Crippen LogP contribution is -2.33. The van der Waals surface area contributed by atoms with Crippen molar-refractivity contribution < 1.29 is 14.4 Å². The summed E-state index contributed by atoms with van der Waals surface area (Å²) in [4.78, 5) is 37.7. The van der Waals surface area contributed by atoms with Gasteiger partial charge >= 0.3 is 0 Å². The van der Waals surface area contributed by atoms with Gasteiger partial charge in [0, 0.05) is 25.9 Å². The molecule has 0 fully saturated rings. The molecule has 28 heavy (non-hydrogen) atoms. The minimum atomic E-state index is -0.341. The molecule has 0 saturated heterocycles. The second-order valence-electron chi connectivity index (χ2n) is 6.69. The summed E-state index contributed by atoms with van der Waals surface area (Å²) in [7, 11) is 1.60. The first-order valence-electron chi connectivity index (χ1n) is 9.13. The predicted molar refractivity (Wildman–Crippen MR) is 108 cm³/mol. The molecule has 0 aliphatic carbocycles. The van der Waals surface area contributed by atoms with Crippen LogP contribution in [0.15, 0.2) is 54.7 Å². The first-order chi connectivity index (χ1) is 13.5. The van der Waals surface area contributed by atoms with E-state index in [1.54, 1.807) is 30.3 Å². The lowest BCUT2D eigenvalue weighted by molar-refractivity contribution is -0.129. The fourth-order valence-electron chi connectivity index (χ4n) is 3.28. The van der Waals surface area contributed by atoms with Gasteiger partial charge < -0.3 is 15.5 Å². The topological polar surface area (TPSA) is 78.5 Å². The van der Waals surface area contributed by atoms with Crippen molar-refractivity contribution in [3.8, 4) is 0 Å². The Morgan fingerprint density at radius 2 is 1.71 bits per heavy atom. The van der Waals surface area contributed by atoms with Gasteiger partial charge in [0.05, 0.1) is 18.9 Å². The second-order valence-corrected chi connectivity index (χ2v) is 6.69. The van der Waals surface area contributed by atoms with Gasteiger partial charge in [-0.25, -0.2) is 0 Å². The molecule has 3 rings (SSSR count). The first kappa shape index (κ1) is 19.4. The maximum Gasteiger partial charge on any atom is 0.226 e. The number of carbonyl (C=O) groups excluding carboxylic acids is 3. The Morgan fingerprint density at radius 3 is 2.39 bits per heavy atom.